The van der Waals surface area contributed by atoms with Crippen LogP contribution in [0.15, 0.2) is 9.66 Å². The lowest BCUT2D eigenvalue weighted by Gasteiger charge is -2.46. The van der Waals surface area contributed by atoms with E-state index in [1.807, 2.05) is 0 Å². The maximum Gasteiger partial charge on any atom is 0.303 e. The lowest BCUT2D eigenvalue weighted by molar-refractivity contribution is -0.274. The van der Waals surface area contributed by atoms with E-state index in [0.717, 1.165) is 6.42 Å². The maximum atomic E-state index is 11.9. The third-order valence-corrected chi connectivity index (χ3v) is 6.41. The van der Waals surface area contributed by atoms with Gasteiger partial charge in [0.2, 0.25) is 0 Å². The molecule has 0 bridgehead atoms. The molecule has 0 aromatic heterocycles. The first-order valence-electron chi connectivity index (χ1n) is 9.65. The van der Waals surface area contributed by atoms with Gasteiger partial charge in [-0.2, -0.15) is 0 Å². The van der Waals surface area contributed by atoms with E-state index in [1.54, 1.807) is 0 Å². The molecule has 8 nitrogen and oxygen atoms in total. The summed E-state index contributed by atoms with van der Waals surface area (Å²) in [4.78, 5) is 35.1. The van der Waals surface area contributed by atoms with Crippen molar-refractivity contribution in [2.45, 2.75) is 71.7 Å². The minimum Gasteiger partial charge on any atom is -0.463 e. The Bertz CT molecular complexity index is 717. The van der Waals surface area contributed by atoms with Crippen molar-refractivity contribution in [1.29, 1.82) is 0 Å². The molecular weight excluding hydrogens is 495 g/mol. The number of esters is 3. The van der Waals surface area contributed by atoms with E-state index < -0.39 is 42.5 Å². The molecule has 0 N–H and O–H groups in total. The van der Waals surface area contributed by atoms with Crippen LogP contribution in [-0.4, -0.2) is 55.2 Å². The number of fused-ring (bicyclic) bond motifs is 3. The molecule has 0 aromatic carbocycles. The van der Waals surface area contributed by atoms with Crippen LogP contribution >= 0.6 is 22.6 Å². The summed E-state index contributed by atoms with van der Waals surface area (Å²) < 4.78 is 29.9. The molecule has 0 aromatic rings. The van der Waals surface area contributed by atoms with Gasteiger partial charge in [-0.25, -0.2) is 0 Å². The van der Waals surface area contributed by atoms with Gasteiger partial charge in [-0.05, 0) is 31.6 Å². The van der Waals surface area contributed by atoms with Gasteiger partial charge < -0.3 is 23.7 Å². The van der Waals surface area contributed by atoms with Crippen molar-refractivity contribution >= 4 is 40.5 Å². The highest BCUT2D eigenvalue weighted by molar-refractivity contribution is 14.1. The van der Waals surface area contributed by atoms with Gasteiger partial charge in [-0.15, -0.1) is 0 Å². The summed E-state index contributed by atoms with van der Waals surface area (Å²) in [5.74, 6) is -1.82. The van der Waals surface area contributed by atoms with Crippen LogP contribution in [0.1, 0.15) is 41.0 Å². The smallest absolute Gasteiger partial charge is 0.303 e. The van der Waals surface area contributed by atoms with Crippen LogP contribution in [0.5, 0.6) is 0 Å². The minimum atomic E-state index is -0.903. The maximum absolute atomic E-state index is 11.9. The topological polar surface area (TPSA) is 97.4 Å². The zero-order valence-electron chi connectivity index (χ0n) is 17.2. The Morgan fingerprint density at radius 3 is 2.28 bits per heavy atom. The van der Waals surface area contributed by atoms with Crippen molar-refractivity contribution in [3.05, 3.63) is 9.66 Å². The summed E-state index contributed by atoms with van der Waals surface area (Å²) in [6.45, 7) is 7.98. The van der Waals surface area contributed by atoms with Crippen LogP contribution < -0.4 is 0 Å². The molecule has 2 heterocycles. The lowest BCUT2D eigenvalue weighted by Crippen LogP contribution is -2.59. The number of ether oxygens (including phenoxy) is 5. The molecular formula is C20H27IO8. The van der Waals surface area contributed by atoms with Crippen molar-refractivity contribution in [2.24, 2.45) is 17.3 Å². The molecule has 9 heteroatoms. The van der Waals surface area contributed by atoms with Gasteiger partial charge in [-0.3, -0.25) is 14.4 Å². The number of halogens is 1. The summed E-state index contributed by atoms with van der Waals surface area (Å²) in [6, 6.07) is 0. The number of allylic oxidation sites excluding steroid dienone is 1. The van der Waals surface area contributed by atoms with Crippen molar-refractivity contribution in [3.8, 4) is 0 Å². The quantitative estimate of drug-likeness (QED) is 0.316. The average Bonchev–Trinajstić information content (AvgIpc) is 2.92. The molecule has 29 heavy (non-hydrogen) atoms. The Labute approximate surface area is 183 Å². The highest BCUT2D eigenvalue weighted by atomic mass is 127. The molecule has 0 radical (unpaired) electrons. The van der Waals surface area contributed by atoms with Gasteiger partial charge >= 0.3 is 17.9 Å². The monoisotopic (exact) mass is 522 g/mol. The Kier molecular flexibility index (Phi) is 6.59. The minimum absolute atomic E-state index is 0.00287. The zero-order valence-corrected chi connectivity index (χ0v) is 19.3. The standard InChI is InChI=1S/C20H27IO8/c1-9(22)25-8-14-17(26-10(2)23)18(27-11(3)24)15-16-13(28-19(15)29-14)6-12(21)7-20(16,4)5/h7,13-19H,6,8H2,1-5H3/t13-,14+,15+,16-,17+,18+,19-/m0/s1. The molecule has 0 unspecified atom stereocenters. The van der Waals surface area contributed by atoms with E-state index in [-0.39, 0.29) is 30.0 Å². The molecule has 2 saturated heterocycles. The first kappa shape index (κ1) is 22.5. The van der Waals surface area contributed by atoms with E-state index in [1.165, 1.54) is 24.4 Å². The van der Waals surface area contributed by atoms with E-state index in [0.29, 0.717) is 0 Å². The first-order valence-corrected chi connectivity index (χ1v) is 10.7. The van der Waals surface area contributed by atoms with Crippen molar-refractivity contribution in [3.63, 3.8) is 0 Å². The van der Waals surface area contributed by atoms with E-state index in [9.17, 15) is 14.4 Å². The number of carbonyl (C=O) groups excluding carboxylic acids is 3. The SMILES string of the molecule is CC(=O)OC[C@H]1O[C@@H]2O[C@H]3CC(I)=CC(C)(C)[C@@H]3[C@@H]2[C@@H](OC(C)=O)[C@@H]1OC(C)=O. The van der Waals surface area contributed by atoms with E-state index in [2.05, 4.69) is 42.5 Å². The van der Waals surface area contributed by atoms with Gasteiger partial charge in [0.05, 0.1) is 12.0 Å². The second-order valence-corrected chi connectivity index (χ2v) is 9.77. The molecule has 3 rings (SSSR count). The van der Waals surface area contributed by atoms with E-state index >= 15 is 0 Å². The number of carbonyl (C=O) groups is 3. The predicted molar refractivity (Wildman–Crippen MR) is 109 cm³/mol. The van der Waals surface area contributed by atoms with Crippen LogP contribution in [0.4, 0.5) is 0 Å². The Morgan fingerprint density at radius 1 is 1.07 bits per heavy atom. The molecule has 0 spiro atoms. The lowest BCUT2D eigenvalue weighted by atomic mass is 9.64. The molecule has 3 aliphatic rings. The first-order chi connectivity index (χ1) is 13.5. The molecule has 1 aliphatic carbocycles. The highest BCUT2D eigenvalue weighted by Gasteiger charge is 2.62. The molecule has 7 atom stereocenters. The summed E-state index contributed by atoms with van der Waals surface area (Å²) in [7, 11) is 0. The van der Waals surface area contributed by atoms with Crippen LogP contribution in [0, 0.1) is 17.3 Å². The normalized spacial score (nSPS) is 37.6. The molecule has 0 amide bonds. The highest BCUT2D eigenvalue weighted by Crippen LogP contribution is 2.55. The number of hydrogen-bond donors (Lipinski definition) is 0. The summed E-state index contributed by atoms with van der Waals surface area (Å²) >= 11 is 2.31. The Morgan fingerprint density at radius 2 is 1.69 bits per heavy atom. The van der Waals surface area contributed by atoms with Gasteiger partial charge in [0, 0.05) is 33.1 Å². The van der Waals surface area contributed by atoms with Gasteiger partial charge in [0.25, 0.3) is 0 Å². The Hall–Kier alpha value is -1.20. The zero-order chi connectivity index (χ0) is 21.5. The second kappa shape index (κ2) is 8.50. The average molecular weight is 522 g/mol. The van der Waals surface area contributed by atoms with Gasteiger partial charge in [0.15, 0.2) is 12.4 Å². The predicted octanol–water partition coefficient (Wildman–Crippen LogP) is 2.52. The fourth-order valence-corrected chi connectivity index (χ4v) is 6.07. The van der Waals surface area contributed by atoms with Crippen molar-refractivity contribution < 1.29 is 38.1 Å². The third kappa shape index (κ3) is 4.77. The van der Waals surface area contributed by atoms with Gasteiger partial charge in [-0.1, -0.05) is 19.9 Å². The molecule has 2 fully saturated rings. The molecule has 0 saturated carbocycles. The van der Waals surface area contributed by atoms with Crippen LogP contribution in [0.3, 0.4) is 0 Å². The molecule has 2 aliphatic heterocycles. The van der Waals surface area contributed by atoms with Crippen molar-refractivity contribution in [2.75, 3.05) is 6.61 Å². The van der Waals surface area contributed by atoms with Gasteiger partial charge in [0.1, 0.15) is 18.8 Å². The number of rotatable bonds is 4. The fourth-order valence-electron chi connectivity index (χ4n) is 4.83. The van der Waals surface area contributed by atoms with E-state index in [4.69, 9.17) is 23.7 Å². The van der Waals surface area contributed by atoms with Crippen molar-refractivity contribution in [1.82, 2.24) is 0 Å². The number of hydrogen-bond acceptors (Lipinski definition) is 8. The van der Waals surface area contributed by atoms with Crippen LogP contribution in [0.25, 0.3) is 0 Å². The summed E-state index contributed by atoms with van der Waals surface area (Å²) in [5.41, 5.74) is -0.232. The molecule has 162 valence electrons. The van der Waals surface area contributed by atoms with Crippen LogP contribution in [-0.2, 0) is 38.1 Å². The summed E-state index contributed by atoms with van der Waals surface area (Å²) in [6.07, 6.45) is -0.295. The fraction of sp³-hybridized carbons (Fsp3) is 0.750. The summed E-state index contributed by atoms with van der Waals surface area (Å²) in [5, 5.41) is 0. The largest absolute Gasteiger partial charge is 0.463 e. The third-order valence-electron chi connectivity index (χ3n) is 5.66. The Balaban J connectivity index is 1.98. The second-order valence-electron chi connectivity index (χ2n) is 8.39. The van der Waals surface area contributed by atoms with Crippen LogP contribution in [0.2, 0.25) is 0 Å².